The van der Waals surface area contributed by atoms with Crippen molar-refractivity contribution in [3.63, 3.8) is 0 Å². The van der Waals surface area contributed by atoms with E-state index in [1.807, 2.05) is 12.1 Å². The Hall–Kier alpha value is -1.93. The van der Waals surface area contributed by atoms with E-state index >= 15 is 0 Å². The highest BCUT2D eigenvalue weighted by molar-refractivity contribution is 5.92. The molecule has 0 bridgehead atoms. The first kappa shape index (κ1) is 17.2. The summed E-state index contributed by atoms with van der Waals surface area (Å²) in [7, 11) is 0. The van der Waals surface area contributed by atoms with Crippen molar-refractivity contribution >= 4 is 5.78 Å². The molecule has 1 aliphatic carbocycles. The predicted molar refractivity (Wildman–Crippen MR) is 90.4 cm³/mol. The van der Waals surface area contributed by atoms with Gasteiger partial charge in [0.15, 0.2) is 17.3 Å². The number of Topliss-reactive ketones (excluding diaryl/α,β-unsaturated/α-hetero) is 1. The minimum atomic E-state index is -0.647. The molecule has 4 heterocycles. The van der Waals surface area contributed by atoms with E-state index in [0.717, 1.165) is 19.3 Å². The average Bonchev–Trinajstić information content (AvgIpc) is 3.42. The summed E-state index contributed by atoms with van der Waals surface area (Å²) in [4.78, 5) is 13.5. The van der Waals surface area contributed by atoms with E-state index in [-0.39, 0.29) is 5.78 Å². The Balaban J connectivity index is 1.29. The number of ketones is 1. The zero-order valence-electron chi connectivity index (χ0n) is 14.9. The van der Waals surface area contributed by atoms with Crippen molar-refractivity contribution in [1.29, 1.82) is 0 Å². The van der Waals surface area contributed by atoms with E-state index in [1.54, 1.807) is 24.7 Å². The Morgan fingerprint density at radius 1 is 0.741 bits per heavy atom. The number of hydrogen-bond acceptors (Lipinski definition) is 7. The minimum absolute atomic E-state index is 0.122. The fraction of sp³-hybridized carbons (Fsp3) is 0.550. The maximum Gasteiger partial charge on any atom is 0.217 e. The van der Waals surface area contributed by atoms with E-state index in [0.29, 0.717) is 37.9 Å². The first-order valence-electron chi connectivity index (χ1n) is 9.29. The first-order chi connectivity index (χ1) is 13.2. The van der Waals surface area contributed by atoms with Crippen LogP contribution in [0, 0.1) is 10.8 Å². The second-order valence-corrected chi connectivity index (χ2v) is 7.68. The van der Waals surface area contributed by atoms with E-state index in [1.165, 1.54) is 0 Å². The molecular formula is C20H22O7. The third kappa shape index (κ3) is 2.86. The van der Waals surface area contributed by atoms with Crippen molar-refractivity contribution in [2.24, 2.45) is 10.8 Å². The lowest BCUT2D eigenvalue weighted by atomic mass is 9.61. The molecule has 7 nitrogen and oxygen atoms in total. The minimum Gasteiger partial charge on any atom is -0.464 e. The Morgan fingerprint density at radius 3 is 1.56 bits per heavy atom. The average molecular weight is 374 g/mol. The highest BCUT2D eigenvalue weighted by atomic mass is 16.7. The van der Waals surface area contributed by atoms with Crippen molar-refractivity contribution in [3.8, 4) is 0 Å². The zero-order valence-corrected chi connectivity index (χ0v) is 14.9. The van der Waals surface area contributed by atoms with E-state index in [4.69, 9.17) is 27.8 Å². The van der Waals surface area contributed by atoms with Gasteiger partial charge < -0.3 is 27.8 Å². The molecule has 3 fully saturated rings. The van der Waals surface area contributed by atoms with Crippen LogP contribution in [-0.4, -0.2) is 32.2 Å². The van der Waals surface area contributed by atoms with E-state index in [2.05, 4.69) is 0 Å². The van der Waals surface area contributed by atoms with Gasteiger partial charge in [0.25, 0.3) is 0 Å². The Morgan fingerprint density at radius 2 is 1.19 bits per heavy atom. The summed E-state index contributed by atoms with van der Waals surface area (Å²) < 4.78 is 34.2. The number of rotatable bonds is 2. The largest absolute Gasteiger partial charge is 0.464 e. The van der Waals surface area contributed by atoms with Crippen LogP contribution in [0.25, 0.3) is 0 Å². The highest BCUT2D eigenvalue weighted by Gasteiger charge is 2.57. The summed E-state index contributed by atoms with van der Waals surface area (Å²) in [6.45, 7) is 1.28. The molecule has 2 aromatic rings. The van der Waals surface area contributed by atoms with Crippen molar-refractivity contribution < 1.29 is 32.6 Å². The SMILES string of the molecule is O=C1C2(CCCC13COC(c1ccco1)OC3)COC(c1ccco1)OC2. The fourth-order valence-electron chi connectivity index (χ4n) is 4.41. The highest BCUT2D eigenvalue weighted by Crippen LogP contribution is 2.49. The first-order valence-corrected chi connectivity index (χ1v) is 9.29. The van der Waals surface area contributed by atoms with Gasteiger partial charge in [-0.05, 0) is 37.1 Å². The molecule has 144 valence electrons. The molecule has 0 unspecified atom stereocenters. The molecule has 0 N–H and O–H groups in total. The lowest BCUT2D eigenvalue weighted by molar-refractivity contribution is -0.266. The van der Waals surface area contributed by atoms with Crippen LogP contribution in [0.3, 0.4) is 0 Å². The number of carbonyl (C=O) groups excluding carboxylic acids is 1. The van der Waals surface area contributed by atoms with Gasteiger partial charge in [-0.3, -0.25) is 4.79 Å². The lowest BCUT2D eigenvalue weighted by Gasteiger charge is -2.49. The van der Waals surface area contributed by atoms with Crippen molar-refractivity contribution in [3.05, 3.63) is 48.3 Å². The number of carbonyl (C=O) groups is 1. The van der Waals surface area contributed by atoms with Gasteiger partial charge in [-0.15, -0.1) is 0 Å². The van der Waals surface area contributed by atoms with Crippen molar-refractivity contribution in [2.45, 2.75) is 31.8 Å². The second kappa shape index (κ2) is 6.60. The standard InChI is InChI=1S/C20H22O7/c21-18-19(10-24-16(25-11-19)14-4-1-8-22-14)6-3-7-20(18)12-26-17(27-13-20)15-5-2-9-23-15/h1-2,4-5,8-9,16-17H,3,6-7,10-13H2. The summed E-state index contributed by atoms with van der Waals surface area (Å²) in [6, 6.07) is 7.20. The summed E-state index contributed by atoms with van der Waals surface area (Å²) >= 11 is 0. The van der Waals surface area contributed by atoms with Crippen LogP contribution in [0.15, 0.2) is 45.6 Å². The van der Waals surface area contributed by atoms with Crippen LogP contribution in [0.2, 0.25) is 0 Å². The third-order valence-corrected chi connectivity index (χ3v) is 5.87. The molecule has 3 aliphatic rings. The molecule has 2 spiro atoms. The zero-order chi connectivity index (χ0) is 18.3. The summed E-state index contributed by atoms with van der Waals surface area (Å²) in [5.41, 5.74) is -1.29. The molecule has 2 aromatic heterocycles. The van der Waals surface area contributed by atoms with Crippen LogP contribution in [-0.2, 0) is 23.7 Å². The second-order valence-electron chi connectivity index (χ2n) is 7.68. The maximum atomic E-state index is 13.5. The normalized spacial score (nSPS) is 37.1. The molecule has 1 saturated carbocycles. The van der Waals surface area contributed by atoms with Gasteiger partial charge in [0.1, 0.15) is 0 Å². The third-order valence-electron chi connectivity index (χ3n) is 5.87. The van der Waals surface area contributed by atoms with Crippen LogP contribution >= 0.6 is 0 Å². The van der Waals surface area contributed by atoms with E-state index in [9.17, 15) is 4.79 Å². The Labute approximate surface area is 156 Å². The topological polar surface area (TPSA) is 80.3 Å². The van der Waals surface area contributed by atoms with Gasteiger partial charge in [-0.25, -0.2) is 0 Å². The summed E-state index contributed by atoms with van der Waals surface area (Å²) in [5, 5.41) is 0. The summed E-state index contributed by atoms with van der Waals surface area (Å²) in [6.07, 6.45) is 4.46. The quantitative estimate of drug-likeness (QED) is 0.797. The van der Waals surface area contributed by atoms with Crippen molar-refractivity contribution in [1.82, 2.24) is 0 Å². The van der Waals surface area contributed by atoms with Gasteiger partial charge >= 0.3 is 0 Å². The molecule has 27 heavy (non-hydrogen) atoms. The van der Waals surface area contributed by atoms with Gasteiger partial charge in [-0.1, -0.05) is 6.42 Å². The Kier molecular flexibility index (Phi) is 4.20. The summed E-state index contributed by atoms with van der Waals surface area (Å²) in [5.74, 6) is 1.36. The molecule has 0 amide bonds. The molecule has 2 aliphatic heterocycles. The molecule has 0 atom stereocenters. The van der Waals surface area contributed by atoms with Crippen LogP contribution in [0.1, 0.15) is 43.4 Å². The van der Waals surface area contributed by atoms with E-state index < -0.39 is 23.4 Å². The molecule has 5 rings (SSSR count). The monoisotopic (exact) mass is 374 g/mol. The molecule has 7 heteroatoms. The van der Waals surface area contributed by atoms with Crippen LogP contribution in [0.5, 0.6) is 0 Å². The van der Waals surface area contributed by atoms with Gasteiger partial charge in [-0.2, -0.15) is 0 Å². The van der Waals surface area contributed by atoms with Gasteiger partial charge in [0, 0.05) is 0 Å². The molecule has 0 aromatic carbocycles. The molecular weight excluding hydrogens is 352 g/mol. The van der Waals surface area contributed by atoms with Crippen molar-refractivity contribution in [2.75, 3.05) is 26.4 Å². The molecule has 2 saturated heterocycles. The van der Waals surface area contributed by atoms with Crippen LogP contribution < -0.4 is 0 Å². The van der Waals surface area contributed by atoms with Crippen LogP contribution in [0.4, 0.5) is 0 Å². The van der Waals surface area contributed by atoms with Gasteiger partial charge in [0.05, 0.1) is 49.8 Å². The lowest BCUT2D eigenvalue weighted by Crippen LogP contribution is -2.58. The fourth-order valence-corrected chi connectivity index (χ4v) is 4.41. The Bertz CT molecular complexity index is 699. The number of furan rings is 2. The van der Waals surface area contributed by atoms with Gasteiger partial charge in [0.2, 0.25) is 12.6 Å². The maximum absolute atomic E-state index is 13.5. The number of hydrogen-bond donors (Lipinski definition) is 0. The smallest absolute Gasteiger partial charge is 0.217 e. The predicted octanol–water partition coefficient (Wildman–Crippen LogP) is 3.39. The molecule has 0 radical (unpaired) electrons. The number of ether oxygens (including phenoxy) is 4.